The second kappa shape index (κ2) is 8.27. The Morgan fingerprint density at radius 2 is 1.29 bits per heavy atom. The molecule has 1 N–H and O–H groups in total. The summed E-state index contributed by atoms with van der Waals surface area (Å²) in [5.41, 5.74) is 2.38. The predicted octanol–water partition coefficient (Wildman–Crippen LogP) is 4.58. The number of hydrogen-bond acceptors (Lipinski definition) is 2. The van der Waals surface area contributed by atoms with Crippen LogP contribution in [0.5, 0.6) is 5.75 Å². The molecule has 0 bridgehead atoms. The Morgan fingerprint density at radius 1 is 0.750 bits per heavy atom. The smallest absolute Gasteiger partial charge is 0.165 e. The fraction of sp³-hybridized carbons (Fsp3) is 0.143. The van der Waals surface area contributed by atoms with Crippen molar-refractivity contribution in [2.24, 2.45) is 0 Å². The molecule has 0 saturated carbocycles. The van der Waals surface area contributed by atoms with Crippen LogP contribution in [0.4, 0.5) is 4.39 Å². The minimum Gasteiger partial charge on any atom is -0.489 e. The average molecular weight is 321 g/mol. The highest BCUT2D eigenvalue weighted by Crippen LogP contribution is 2.21. The Balaban J connectivity index is 1.64. The minimum absolute atomic E-state index is 0.0802. The summed E-state index contributed by atoms with van der Waals surface area (Å²) >= 11 is 0. The van der Waals surface area contributed by atoms with Crippen LogP contribution < -0.4 is 10.1 Å². The second-order valence-corrected chi connectivity index (χ2v) is 5.49. The topological polar surface area (TPSA) is 21.3 Å². The first kappa shape index (κ1) is 16.2. The molecule has 24 heavy (non-hydrogen) atoms. The van der Waals surface area contributed by atoms with Gasteiger partial charge in [-0.15, -0.1) is 0 Å². The van der Waals surface area contributed by atoms with Crippen LogP contribution in [-0.4, -0.2) is 13.2 Å². The SMILES string of the molecule is Fc1ccccc1OCCNC(c1ccccc1)c1ccccc1. The van der Waals surface area contributed by atoms with Gasteiger partial charge in [0.05, 0.1) is 6.04 Å². The van der Waals surface area contributed by atoms with Gasteiger partial charge in [-0.25, -0.2) is 4.39 Å². The van der Waals surface area contributed by atoms with Crippen LogP contribution in [0.2, 0.25) is 0 Å². The van der Waals surface area contributed by atoms with Gasteiger partial charge in [-0.05, 0) is 23.3 Å². The summed E-state index contributed by atoms with van der Waals surface area (Å²) in [6.45, 7) is 1.01. The van der Waals surface area contributed by atoms with Crippen LogP contribution >= 0.6 is 0 Å². The quantitative estimate of drug-likeness (QED) is 0.643. The van der Waals surface area contributed by atoms with Gasteiger partial charge < -0.3 is 10.1 Å². The van der Waals surface area contributed by atoms with E-state index in [0.717, 1.165) is 0 Å². The van der Waals surface area contributed by atoms with E-state index in [1.54, 1.807) is 18.2 Å². The van der Waals surface area contributed by atoms with Crippen molar-refractivity contribution in [3.8, 4) is 5.75 Å². The molecular formula is C21H20FNO. The molecule has 0 fully saturated rings. The number of rotatable bonds is 7. The van der Waals surface area contributed by atoms with E-state index in [9.17, 15) is 4.39 Å². The standard InChI is InChI=1S/C21H20FNO/c22-19-13-7-8-14-20(19)24-16-15-23-21(17-9-3-1-4-10-17)18-11-5-2-6-12-18/h1-14,21,23H,15-16H2. The first-order chi connectivity index (χ1) is 11.8. The third-order valence-corrected chi connectivity index (χ3v) is 3.81. The number of para-hydroxylation sites is 1. The Labute approximate surface area is 141 Å². The van der Waals surface area contributed by atoms with E-state index < -0.39 is 0 Å². The third kappa shape index (κ3) is 4.21. The molecule has 0 radical (unpaired) electrons. The molecular weight excluding hydrogens is 301 g/mol. The summed E-state index contributed by atoms with van der Waals surface area (Å²) in [5, 5.41) is 3.49. The van der Waals surface area contributed by atoms with Crippen molar-refractivity contribution in [2.45, 2.75) is 6.04 Å². The predicted molar refractivity (Wildman–Crippen MR) is 94.6 cm³/mol. The van der Waals surface area contributed by atoms with E-state index in [0.29, 0.717) is 13.2 Å². The molecule has 0 aliphatic carbocycles. The molecule has 0 unspecified atom stereocenters. The Bertz CT molecular complexity index is 707. The molecule has 0 spiro atoms. The molecule has 122 valence electrons. The highest BCUT2D eigenvalue weighted by atomic mass is 19.1. The van der Waals surface area contributed by atoms with Gasteiger partial charge in [0, 0.05) is 6.54 Å². The van der Waals surface area contributed by atoms with Crippen molar-refractivity contribution in [2.75, 3.05) is 13.2 Å². The van der Waals surface area contributed by atoms with Gasteiger partial charge >= 0.3 is 0 Å². The van der Waals surface area contributed by atoms with Gasteiger partial charge in [0.25, 0.3) is 0 Å². The first-order valence-electron chi connectivity index (χ1n) is 8.05. The summed E-state index contributed by atoms with van der Waals surface area (Å²) in [6, 6.07) is 27.1. The van der Waals surface area contributed by atoms with E-state index in [4.69, 9.17) is 4.74 Å². The van der Waals surface area contributed by atoms with Crippen molar-refractivity contribution in [1.29, 1.82) is 0 Å². The lowest BCUT2D eigenvalue weighted by Gasteiger charge is -2.20. The molecule has 0 heterocycles. The maximum atomic E-state index is 13.6. The van der Waals surface area contributed by atoms with Crippen molar-refractivity contribution in [1.82, 2.24) is 5.32 Å². The average Bonchev–Trinajstić information content (AvgIpc) is 2.64. The number of ether oxygens (including phenoxy) is 1. The van der Waals surface area contributed by atoms with Gasteiger partial charge in [-0.2, -0.15) is 0 Å². The van der Waals surface area contributed by atoms with Crippen molar-refractivity contribution >= 4 is 0 Å². The third-order valence-electron chi connectivity index (χ3n) is 3.81. The van der Waals surface area contributed by atoms with E-state index in [-0.39, 0.29) is 17.6 Å². The Morgan fingerprint density at radius 3 is 1.88 bits per heavy atom. The van der Waals surface area contributed by atoms with Crippen LogP contribution in [0.1, 0.15) is 17.2 Å². The largest absolute Gasteiger partial charge is 0.489 e. The maximum Gasteiger partial charge on any atom is 0.165 e. The fourth-order valence-electron chi connectivity index (χ4n) is 2.65. The Hall–Kier alpha value is -2.65. The number of halogens is 1. The summed E-state index contributed by atoms with van der Waals surface area (Å²) in [4.78, 5) is 0. The van der Waals surface area contributed by atoms with Crippen LogP contribution in [0.25, 0.3) is 0 Å². The van der Waals surface area contributed by atoms with Crippen LogP contribution in [0, 0.1) is 5.82 Å². The van der Waals surface area contributed by atoms with Crippen LogP contribution in [-0.2, 0) is 0 Å². The number of nitrogens with one attached hydrogen (secondary N) is 1. The molecule has 3 aromatic carbocycles. The summed E-state index contributed by atoms with van der Waals surface area (Å²) in [6.07, 6.45) is 0. The molecule has 3 rings (SSSR count). The summed E-state index contributed by atoms with van der Waals surface area (Å²) in [7, 11) is 0. The Kier molecular flexibility index (Phi) is 5.59. The van der Waals surface area contributed by atoms with Crippen molar-refractivity contribution < 1.29 is 9.13 Å². The highest BCUT2D eigenvalue weighted by molar-refractivity contribution is 5.31. The molecule has 3 heteroatoms. The van der Waals surface area contributed by atoms with E-state index >= 15 is 0 Å². The lowest BCUT2D eigenvalue weighted by atomic mass is 9.99. The summed E-state index contributed by atoms with van der Waals surface area (Å²) in [5.74, 6) is -0.0459. The highest BCUT2D eigenvalue weighted by Gasteiger charge is 2.12. The van der Waals surface area contributed by atoms with Gasteiger partial charge in [0.2, 0.25) is 0 Å². The lowest BCUT2D eigenvalue weighted by Crippen LogP contribution is -2.27. The first-order valence-corrected chi connectivity index (χ1v) is 8.05. The lowest BCUT2D eigenvalue weighted by molar-refractivity contribution is 0.295. The zero-order chi connectivity index (χ0) is 16.6. The monoisotopic (exact) mass is 321 g/mol. The maximum absolute atomic E-state index is 13.6. The molecule has 0 saturated heterocycles. The normalized spacial score (nSPS) is 10.8. The fourth-order valence-corrected chi connectivity index (χ4v) is 2.65. The van der Waals surface area contributed by atoms with E-state index in [2.05, 4.69) is 29.6 Å². The molecule has 2 nitrogen and oxygen atoms in total. The van der Waals surface area contributed by atoms with Crippen molar-refractivity contribution in [3.63, 3.8) is 0 Å². The van der Waals surface area contributed by atoms with Crippen LogP contribution in [0.15, 0.2) is 84.9 Å². The molecule has 0 aliphatic rings. The summed E-state index contributed by atoms with van der Waals surface area (Å²) < 4.78 is 19.1. The number of hydrogen-bond donors (Lipinski definition) is 1. The zero-order valence-corrected chi connectivity index (χ0v) is 13.4. The van der Waals surface area contributed by atoms with E-state index in [1.165, 1.54) is 17.2 Å². The van der Waals surface area contributed by atoms with Gasteiger partial charge in [0.1, 0.15) is 6.61 Å². The molecule has 0 aliphatic heterocycles. The van der Waals surface area contributed by atoms with Crippen LogP contribution in [0.3, 0.4) is 0 Å². The zero-order valence-electron chi connectivity index (χ0n) is 13.4. The minimum atomic E-state index is -0.333. The van der Waals surface area contributed by atoms with Gasteiger partial charge in [-0.3, -0.25) is 0 Å². The molecule has 0 atom stereocenters. The molecule has 0 aromatic heterocycles. The molecule has 0 amide bonds. The van der Waals surface area contributed by atoms with E-state index in [1.807, 2.05) is 36.4 Å². The molecule has 3 aromatic rings. The van der Waals surface area contributed by atoms with Crippen molar-refractivity contribution in [3.05, 3.63) is 102 Å². The van der Waals surface area contributed by atoms with Gasteiger partial charge in [0.15, 0.2) is 11.6 Å². The number of benzene rings is 3. The van der Waals surface area contributed by atoms with Gasteiger partial charge in [-0.1, -0.05) is 72.8 Å². The second-order valence-electron chi connectivity index (χ2n) is 5.49.